The van der Waals surface area contributed by atoms with Crippen molar-refractivity contribution in [1.29, 1.82) is 0 Å². The fraction of sp³-hybridized carbons (Fsp3) is 0.636. The van der Waals surface area contributed by atoms with Crippen molar-refractivity contribution in [2.75, 3.05) is 13.2 Å². The van der Waals surface area contributed by atoms with Gasteiger partial charge < -0.3 is 48.5 Å². The number of nitrogens with two attached hydrogens (primary N) is 4. The summed E-state index contributed by atoms with van der Waals surface area (Å²) in [6, 6.07) is -3.23. The molecule has 13 nitrogen and oxygen atoms in total. The lowest BCUT2D eigenvalue weighted by molar-refractivity contribution is -0.140. The fourth-order valence-corrected chi connectivity index (χ4v) is 0.577. The zero-order valence-electron chi connectivity index (χ0n) is 12.7. The van der Waals surface area contributed by atoms with Crippen molar-refractivity contribution < 1.29 is 44.7 Å². The number of carboxylic acid groups (broad SMARTS) is 3. The van der Waals surface area contributed by atoms with Crippen LogP contribution in [0, 0.1) is 0 Å². The summed E-state index contributed by atoms with van der Waals surface area (Å²) in [6.45, 7) is -1.01. The summed E-state index contributed by atoms with van der Waals surface area (Å²) in [5, 5.41) is 40.0. The number of amides is 1. The first-order valence-electron chi connectivity index (χ1n) is 6.35. The summed E-state index contributed by atoms with van der Waals surface area (Å²) in [6.07, 6.45) is 0.123. The van der Waals surface area contributed by atoms with Gasteiger partial charge >= 0.3 is 17.9 Å². The number of carboxylic acids is 3. The van der Waals surface area contributed by atoms with E-state index in [-0.39, 0.29) is 12.8 Å². The second-order valence-corrected chi connectivity index (χ2v) is 4.20. The Balaban J connectivity index is -0.000000283. The normalized spacial score (nSPS) is 13.0. The van der Waals surface area contributed by atoms with E-state index in [1.54, 1.807) is 0 Å². The van der Waals surface area contributed by atoms with Gasteiger partial charge in [0.25, 0.3) is 0 Å². The van der Waals surface area contributed by atoms with Gasteiger partial charge in [-0.2, -0.15) is 0 Å². The molecule has 0 spiro atoms. The van der Waals surface area contributed by atoms with E-state index in [9.17, 15) is 19.2 Å². The van der Waals surface area contributed by atoms with Gasteiger partial charge in [0.1, 0.15) is 18.1 Å². The third-order valence-electron chi connectivity index (χ3n) is 2.05. The summed E-state index contributed by atoms with van der Waals surface area (Å²) in [5.41, 5.74) is 19.3. The largest absolute Gasteiger partial charge is 0.480 e. The molecule has 0 rings (SSSR count). The maximum Gasteiger partial charge on any atom is 0.322 e. The average Bonchev–Trinajstić information content (AvgIpc) is 2.51. The van der Waals surface area contributed by atoms with Crippen LogP contribution >= 0.6 is 0 Å². The molecule has 0 bridgehead atoms. The highest BCUT2D eigenvalue weighted by Gasteiger charge is 2.11. The highest BCUT2D eigenvalue weighted by molar-refractivity contribution is 5.77. The van der Waals surface area contributed by atoms with Crippen molar-refractivity contribution in [3.63, 3.8) is 0 Å². The van der Waals surface area contributed by atoms with Crippen molar-refractivity contribution in [2.45, 2.75) is 31.0 Å². The maximum absolute atomic E-state index is 10.1. The standard InChI is InChI=1S/C5H10N2O3.2C3H7NO3/c6-3(5(9)10)1-2-4(7)8;2*4-2(1-5)3(6)7/h3H,1-2,6H2,(H2,7,8)(H,9,10);2*2,5H,1,4H2,(H,6,7). The number of carbonyl (C=O) groups is 4. The van der Waals surface area contributed by atoms with Crippen LogP contribution in [0.3, 0.4) is 0 Å². The molecule has 1 amide bonds. The van der Waals surface area contributed by atoms with Gasteiger partial charge in [-0.05, 0) is 6.42 Å². The second-order valence-electron chi connectivity index (χ2n) is 4.20. The molecule has 0 saturated carbocycles. The fourth-order valence-electron chi connectivity index (χ4n) is 0.577. The van der Waals surface area contributed by atoms with E-state index in [1.807, 2.05) is 0 Å². The minimum absolute atomic E-state index is 0.0213. The van der Waals surface area contributed by atoms with Crippen LogP contribution in [-0.4, -0.2) is 80.7 Å². The van der Waals surface area contributed by atoms with E-state index < -0.39 is 55.2 Å². The summed E-state index contributed by atoms with van der Waals surface area (Å²) in [7, 11) is 0. The molecule has 24 heavy (non-hydrogen) atoms. The van der Waals surface area contributed by atoms with Crippen molar-refractivity contribution in [3.05, 3.63) is 0 Å². The number of aliphatic carboxylic acids is 3. The van der Waals surface area contributed by atoms with E-state index in [4.69, 9.17) is 48.5 Å². The minimum Gasteiger partial charge on any atom is -0.480 e. The van der Waals surface area contributed by atoms with Crippen LogP contribution < -0.4 is 22.9 Å². The van der Waals surface area contributed by atoms with Gasteiger partial charge in [0.05, 0.1) is 13.2 Å². The maximum atomic E-state index is 10.1. The van der Waals surface area contributed by atoms with Crippen LogP contribution in [-0.2, 0) is 19.2 Å². The Labute approximate surface area is 136 Å². The van der Waals surface area contributed by atoms with Crippen molar-refractivity contribution in [1.82, 2.24) is 0 Å². The molecule has 0 saturated heterocycles. The molecule has 0 aliphatic heterocycles. The van der Waals surface area contributed by atoms with Gasteiger partial charge in [-0.15, -0.1) is 0 Å². The van der Waals surface area contributed by atoms with Crippen molar-refractivity contribution >= 4 is 23.8 Å². The van der Waals surface area contributed by atoms with Gasteiger partial charge in [-0.25, -0.2) is 0 Å². The van der Waals surface area contributed by atoms with E-state index in [0.29, 0.717) is 0 Å². The number of hydrogen-bond acceptors (Lipinski definition) is 9. The molecule has 3 atom stereocenters. The summed E-state index contributed by atoms with van der Waals surface area (Å²) < 4.78 is 0. The highest BCUT2D eigenvalue weighted by Crippen LogP contribution is 1.92. The van der Waals surface area contributed by atoms with Crippen LogP contribution in [0.15, 0.2) is 0 Å². The molecule has 0 heterocycles. The third-order valence-corrected chi connectivity index (χ3v) is 2.05. The molecule has 3 unspecified atom stereocenters. The van der Waals surface area contributed by atoms with E-state index in [2.05, 4.69) is 0 Å². The van der Waals surface area contributed by atoms with Crippen LogP contribution in [0.5, 0.6) is 0 Å². The van der Waals surface area contributed by atoms with Crippen LogP contribution in [0.25, 0.3) is 0 Å². The lowest BCUT2D eigenvalue weighted by atomic mass is 10.2. The molecule has 0 aromatic heterocycles. The lowest BCUT2D eigenvalue weighted by Gasteiger charge is -2.01. The Bertz CT molecular complexity index is 385. The zero-order valence-corrected chi connectivity index (χ0v) is 12.7. The second kappa shape index (κ2) is 15.6. The van der Waals surface area contributed by atoms with Crippen molar-refractivity contribution in [3.8, 4) is 0 Å². The molecule has 0 aromatic carbocycles. The number of aliphatic hydroxyl groups is 2. The van der Waals surface area contributed by atoms with E-state index in [1.165, 1.54) is 0 Å². The highest BCUT2D eigenvalue weighted by atomic mass is 16.4. The molecule has 0 radical (unpaired) electrons. The van der Waals surface area contributed by atoms with Crippen molar-refractivity contribution in [2.24, 2.45) is 22.9 Å². The predicted molar refractivity (Wildman–Crippen MR) is 79.4 cm³/mol. The summed E-state index contributed by atoms with van der Waals surface area (Å²) >= 11 is 0. The summed E-state index contributed by atoms with van der Waals surface area (Å²) in [5.74, 6) is -4.00. The Hall–Kier alpha value is -2.32. The SMILES string of the molecule is NC(=O)CCC(N)C(=O)O.NC(CO)C(=O)O.NC(CO)C(=O)O. The topological polar surface area (TPSA) is 274 Å². The molecule has 0 aliphatic carbocycles. The van der Waals surface area contributed by atoms with Gasteiger partial charge in [0.2, 0.25) is 5.91 Å². The van der Waals surface area contributed by atoms with Gasteiger partial charge in [0, 0.05) is 6.42 Å². The van der Waals surface area contributed by atoms with Crippen LogP contribution in [0.1, 0.15) is 12.8 Å². The number of hydrogen-bond donors (Lipinski definition) is 9. The molecule has 0 aromatic rings. The van der Waals surface area contributed by atoms with Crippen LogP contribution in [0.4, 0.5) is 0 Å². The van der Waals surface area contributed by atoms with Gasteiger partial charge in [-0.1, -0.05) is 0 Å². The molecule has 142 valence electrons. The Morgan fingerprint density at radius 2 is 1.00 bits per heavy atom. The Morgan fingerprint density at radius 1 is 0.708 bits per heavy atom. The van der Waals surface area contributed by atoms with Gasteiger partial charge in [0.15, 0.2) is 0 Å². The minimum atomic E-state index is -1.18. The monoisotopic (exact) mass is 356 g/mol. The molecule has 13 N–H and O–H groups in total. The first-order chi connectivity index (χ1) is 10.9. The first kappa shape index (κ1) is 26.6. The molecule has 0 fully saturated rings. The smallest absolute Gasteiger partial charge is 0.322 e. The third kappa shape index (κ3) is 19.7. The molecular weight excluding hydrogens is 332 g/mol. The molecular formula is C11H24N4O9. The lowest BCUT2D eigenvalue weighted by Crippen LogP contribution is -2.33. The molecule has 0 aliphatic rings. The molecule has 13 heteroatoms. The van der Waals surface area contributed by atoms with E-state index >= 15 is 0 Å². The predicted octanol–water partition coefficient (Wildman–Crippen LogP) is -4.55. The average molecular weight is 356 g/mol. The number of carbonyl (C=O) groups excluding carboxylic acids is 1. The quantitative estimate of drug-likeness (QED) is 0.199. The van der Waals surface area contributed by atoms with Gasteiger partial charge in [-0.3, -0.25) is 19.2 Å². The summed E-state index contributed by atoms with van der Waals surface area (Å²) in [4.78, 5) is 39.4. The van der Waals surface area contributed by atoms with E-state index in [0.717, 1.165) is 0 Å². The Morgan fingerprint density at radius 3 is 1.12 bits per heavy atom. The van der Waals surface area contributed by atoms with Crippen LogP contribution in [0.2, 0.25) is 0 Å². The zero-order chi connectivity index (χ0) is 19.9. The number of rotatable bonds is 8. The Kier molecular flexibility index (Phi) is 17.2. The number of primary amides is 1. The first-order valence-corrected chi connectivity index (χ1v) is 6.35. The number of aliphatic hydroxyl groups excluding tert-OH is 2.